The number of morpholine rings is 1. The predicted molar refractivity (Wildman–Crippen MR) is 46.1 cm³/mol. The minimum absolute atomic E-state index is 0.806. The van der Waals surface area contributed by atoms with Gasteiger partial charge in [0.05, 0.1) is 13.2 Å². The lowest BCUT2D eigenvalue weighted by Gasteiger charge is -2.27. The van der Waals surface area contributed by atoms with Gasteiger partial charge in [0.1, 0.15) is 5.82 Å². The van der Waals surface area contributed by atoms with Gasteiger partial charge < -0.3 is 9.64 Å². The third-order valence-electron chi connectivity index (χ3n) is 1.94. The molecule has 0 spiro atoms. The quantitative estimate of drug-likeness (QED) is 0.610. The highest BCUT2D eigenvalue weighted by Gasteiger charge is 2.10. The SMILES string of the molecule is [c]1ccc(N2CCOCC2)nc1. The number of aromatic nitrogens is 1. The Morgan fingerprint density at radius 1 is 1.42 bits per heavy atom. The molecule has 0 saturated carbocycles. The molecule has 1 aliphatic heterocycles. The van der Waals surface area contributed by atoms with Crippen LogP contribution >= 0.6 is 0 Å². The van der Waals surface area contributed by atoms with Crippen LogP contribution in [0.5, 0.6) is 0 Å². The minimum atomic E-state index is 0.806. The molecule has 0 aliphatic carbocycles. The van der Waals surface area contributed by atoms with E-state index in [9.17, 15) is 0 Å². The van der Waals surface area contributed by atoms with E-state index in [4.69, 9.17) is 4.74 Å². The van der Waals surface area contributed by atoms with Gasteiger partial charge in [-0.3, -0.25) is 0 Å². The molecule has 1 saturated heterocycles. The minimum Gasteiger partial charge on any atom is -0.378 e. The Morgan fingerprint density at radius 3 is 2.92 bits per heavy atom. The molecular weight excluding hydrogens is 152 g/mol. The van der Waals surface area contributed by atoms with E-state index in [0.29, 0.717) is 0 Å². The van der Waals surface area contributed by atoms with Crippen molar-refractivity contribution in [2.45, 2.75) is 0 Å². The monoisotopic (exact) mass is 163 g/mol. The summed E-state index contributed by atoms with van der Waals surface area (Å²) in [5.74, 6) is 1.03. The number of pyridine rings is 1. The van der Waals surface area contributed by atoms with Crippen molar-refractivity contribution in [2.75, 3.05) is 31.2 Å². The molecule has 1 fully saturated rings. The Hall–Kier alpha value is -1.09. The van der Waals surface area contributed by atoms with Gasteiger partial charge in [0, 0.05) is 25.4 Å². The van der Waals surface area contributed by atoms with Gasteiger partial charge in [-0.25, -0.2) is 4.98 Å². The first-order valence-electron chi connectivity index (χ1n) is 4.11. The summed E-state index contributed by atoms with van der Waals surface area (Å²) < 4.78 is 5.24. The number of anilines is 1. The molecule has 0 unspecified atom stereocenters. The fraction of sp³-hybridized carbons (Fsp3) is 0.444. The van der Waals surface area contributed by atoms with Gasteiger partial charge in [0.15, 0.2) is 0 Å². The van der Waals surface area contributed by atoms with Crippen LogP contribution in [0, 0.1) is 6.07 Å². The van der Waals surface area contributed by atoms with E-state index >= 15 is 0 Å². The molecule has 12 heavy (non-hydrogen) atoms. The van der Waals surface area contributed by atoms with Crippen LogP contribution in [0.3, 0.4) is 0 Å². The predicted octanol–water partition coefficient (Wildman–Crippen LogP) is 0.718. The highest BCUT2D eigenvalue weighted by atomic mass is 16.5. The molecule has 3 heteroatoms. The molecule has 3 nitrogen and oxygen atoms in total. The van der Waals surface area contributed by atoms with Gasteiger partial charge in [-0.05, 0) is 12.1 Å². The third-order valence-corrected chi connectivity index (χ3v) is 1.94. The number of nitrogens with zero attached hydrogens (tertiary/aromatic N) is 2. The molecule has 2 heterocycles. The molecular formula is C9H11N2O. The molecule has 1 aromatic rings. The normalized spacial score (nSPS) is 17.8. The lowest BCUT2D eigenvalue weighted by molar-refractivity contribution is 0.122. The molecule has 0 atom stereocenters. The fourth-order valence-corrected chi connectivity index (χ4v) is 1.29. The molecule has 1 aromatic heterocycles. The van der Waals surface area contributed by atoms with E-state index in [1.807, 2.05) is 12.1 Å². The first-order valence-corrected chi connectivity index (χ1v) is 4.11. The van der Waals surface area contributed by atoms with E-state index in [0.717, 1.165) is 32.1 Å². The summed E-state index contributed by atoms with van der Waals surface area (Å²) in [5, 5.41) is 0. The number of ether oxygens (including phenoxy) is 1. The fourth-order valence-electron chi connectivity index (χ4n) is 1.29. The molecule has 1 aliphatic rings. The van der Waals surface area contributed by atoms with Gasteiger partial charge in [-0.15, -0.1) is 0 Å². The summed E-state index contributed by atoms with van der Waals surface area (Å²) in [7, 11) is 0. The first kappa shape index (κ1) is 7.55. The summed E-state index contributed by atoms with van der Waals surface area (Å²) >= 11 is 0. The maximum atomic E-state index is 5.24. The maximum Gasteiger partial charge on any atom is 0.128 e. The molecule has 63 valence electrons. The average molecular weight is 163 g/mol. The van der Waals surface area contributed by atoms with E-state index in [2.05, 4.69) is 16.0 Å². The van der Waals surface area contributed by atoms with Crippen LogP contribution in [0.4, 0.5) is 5.82 Å². The van der Waals surface area contributed by atoms with E-state index in [1.54, 1.807) is 6.20 Å². The van der Waals surface area contributed by atoms with Crippen LogP contribution < -0.4 is 4.90 Å². The number of rotatable bonds is 1. The van der Waals surface area contributed by atoms with Crippen molar-refractivity contribution in [3.63, 3.8) is 0 Å². The molecule has 2 rings (SSSR count). The van der Waals surface area contributed by atoms with E-state index < -0.39 is 0 Å². The van der Waals surface area contributed by atoms with Gasteiger partial charge in [0.25, 0.3) is 0 Å². The Morgan fingerprint density at radius 2 is 2.25 bits per heavy atom. The van der Waals surface area contributed by atoms with Gasteiger partial charge in [-0.2, -0.15) is 0 Å². The van der Waals surface area contributed by atoms with Crippen LogP contribution in [-0.4, -0.2) is 31.3 Å². The molecule has 0 N–H and O–H groups in total. The second-order valence-corrected chi connectivity index (χ2v) is 2.72. The smallest absolute Gasteiger partial charge is 0.128 e. The lowest BCUT2D eigenvalue weighted by atomic mass is 10.4. The van der Waals surface area contributed by atoms with Crippen LogP contribution in [0.1, 0.15) is 0 Å². The average Bonchev–Trinajstić information content (AvgIpc) is 2.21. The summed E-state index contributed by atoms with van der Waals surface area (Å²) in [4.78, 5) is 6.44. The van der Waals surface area contributed by atoms with Crippen molar-refractivity contribution in [1.82, 2.24) is 4.98 Å². The molecule has 0 bridgehead atoms. The van der Waals surface area contributed by atoms with Crippen molar-refractivity contribution in [1.29, 1.82) is 0 Å². The maximum absolute atomic E-state index is 5.24. The topological polar surface area (TPSA) is 25.4 Å². The molecule has 0 amide bonds. The van der Waals surface area contributed by atoms with E-state index in [-0.39, 0.29) is 0 Å². The second kappa shape index (κ2) is 3.54. The van der Waals surface area contributed by atoms with Crippen molar-refractivity contribution in [3.05, 3.63) is 24.4 Å². The first-order chi connectivity index (χ1) is 5.97. The Kier molecular flexibility index (Phi) is 2.23. The Balaban J connectivity index is 2.08. The molecule has 0 aromatic carbocycles. The summed E-state index contributed by atoms with van der Waals surface area (Å²) in [6.07, 6.45) is 1.70. The van der Waals surface area contributed by atoms with E-state index in [1.165, 1.54) is 0 Å². The Bertz CT molecular complexity index is 232. The van der Waals surface area contributed by atoms with Crippen LogP contribution in [0.2, 0.25) is 0 Å². The van der Waals surface area contributed by atoms with Gasteiger partial charge in [-0.1, -0.05) is 0 Å². The van der Waals surface area contributed by atoms with Crippen LogP contribution in [0.25, 0.3) is 0 Å². The summed E-state index contributed by atoms with van der Waals surface area (Å²) in [6.45, 7) is 3.49. The zero-order valence-electron chi connectivity index (χ0n) is 6.86. The van der Waals surface area contributed by atoms with Crippen molar-refractivity contribution < 1.29 is 4.74 Å². The lowest BCUT2D eigenvalue weighted by Crippen LogP contribution is -2.36. The molecule has 1 radical (unpaired) electrons. The van der Waals surface area contributed by atoms with Crippen molar-refractivity contribution in [2.24, 2.45) is 0 Å². The van der Waals surface area contributed by atoms with Gasteiger partial charge >= 0.3 is 0 Å². The standard InChI is InChI=1S/C9H11N2O/c1-2-4-10-9(3-1)11-5-7-12-8-6-11/h1,3-4H,5-8H2. The zero-order valence-corrected chi connectivity index (χ0v) is 6.86. The second-order valence-electron chi connectivity index (χ2n) is 2.72. The van der Waals surface area contributed by atoms with Crippen LogP contribution in [-0.2, 0) is 4.74 Å². The number of hydrogen-bond acceptors (Lipinski definition) is 3. The van der Waals surface area contributed by atoms with Gasteiger partial charge in [0.2, 0.25) is 0 Å². The van der Waals surface area contributed by atoms with Crippen molar-refractivity contribution in [3.8, 4) is 0 Å². The number of hydrogen-bond donors (Lipinski definition) is 0. The highest BCUT2D eigenvalue weighted by molar-refractivity contribution is 5.37. The zero-order chi connectivity index (χ0) is 8.23. The third kappa shape index (κ3) is 1.56. The summed E-state index contributed by atoms with van der Waals surface area (Å²) in [5.41, 5.74) is 0. The largest absolute Gasteiger partial charge is 0.378 e. The van der Waals surface area contributed by atoms with Crippen LogP contribution in [0.15, 0.2) is 18.3 Å². The Labute approximate surface area is 72.0 Å². The van der Waals surface area contributed by atoms with Crippen molar-refractivity contribution >= 4 is 5.82 Å². The highest BCUT2D eigenvalue weighted by Crippen LogP contribution is 2.10. The summed E-state index contributed by atoms with van der Waals surface area (Å²) in [6, 6.07) is 6.77.